The van der Waals surface area contributed by atoms with Gasteiger partial charge in [0.2, 0.25) is 0 Å². The second-order valence-corrected chi connectivity index (χ2v) is 5.36. The monoisotopic (exact) mass is 237 g/mol. The summed E-state index contributed by atoms with van der Waals surface area (Å²) in [5.74, 6) is 0. The summed E-state index contributed by atoms with van der Waals surface area (Å²) in [5, 5.41) is 13.5. The Morgan fingerprint density at radius 3 is 2.29 bits per heavy atom. The zero-order chi connectivity index (χ0) is 12.9. The number of para-hydroxylation sites is 1. The van der Waals surface area contributed by atoms with E-state index in [1.807, 2.05) is 51.1 Å². The van der Waals surface area contributed by atoms with Crippen LogP contribution in [-0.2, 0) is 4.74 Å². The highest BCUT2D eigenvalue weighted by molar-refractivity contribution is 5.42. The molecule has 17 heavy (non-hydrogen) atoms. The van der Waals surface area contributed by atoms with Crippen LogP contribution in [-0.4, -0.2) is 30.0 Å². The van der Waals surface area contributed by atoms with Gasteiger partial charge >= 0.3 is 0 Å². The van der Waals surface area contributed by atoms with Crippen LogP contribution in [0.4, 0.5) is 5.69 Å². The third-order valence-corrected chi connectivity index (χ3v) is 2.81. The summed E-state index contributed by atoms with van der Waals surface area (Å²) in [6.07, 6.45) is 0.580. The first kappa shape index (κ1) is 14.0. The predicted molar refractivity (Wildman–Crippen MR) is 71.3 cm³/mol. The van der Waals surface area contributed by atoms with Crippen LogP contribution in [0, 0.1) is 0 Å². The quantitative estimate of drug-likeness (QED) is 0.799. The van der Waals surface area contributed by atoms with E-state index in [0.29, 0.717) is 13.0 Å². The molecule has 0 amide bonds. The molecule has 1 aromatic carbocycles. The molecule has 0 aliphatic carbocycles. The Hall–Kier alpha value is -1.06. The van der Waals surface area contributed by atoms with E-state index in [9.17, 15) is 5.11 Å². The molecule has 0 bridgehead atoms. The molecular weight excluding hydrogens is 214 g/mol. The van der Waals surface area contributed by atoms with Gasteiger partial charge in [-0.2, -0.15) is 0 Å². The van der Waals surface area contributed by atoms with E-state index >= 15 is 0 Å². The molecule has 0 aliphatic heterocycles. The highest BCUT2D eigenvalue weighted by Gasteiger charge is 2.30. The Kier molecular flexibility index (Phi) is 4.54. The molecule has 3 heteroatoms. The summed E-state index contributed by atoms with van der Waals surface area (Å²) in [6.45, 7) is 6.28. The van der Waals surface area contributed by atoms with E-state index in [1.165, 1.54) is 0 Å². The first-order valence-corrected chi connectivity index (χ1v) is 5.91. The van der Waals surface area contributed by atoms with Crippen molar-refractivity contribution in [2.45, 2.75) is 38.4 Å². The van der Waals surface area contributed by atoms with Crippen molar-refractivity contribution in [1.29, 1.82) is 0 Å². The van der Waals surface area contributed by atoms with Crippen LogP contribution in [0.5, 0.6) is 0 Å². The second-order valence-electron chi connectivity index (χ2n) is 5.36. The fraction of sp³-hybridized carbons (Fsp3) is 0.571. The van der Waals surface area contributed by atoms with Gasteiger partial charge in [0.1, 0.15) is 0 Å². The Labute approximate surface area is 104 Å². The average molecular weight is 237 g/mol. The van der Waals surface area contributed by atoms with E-state index < -0.39 is 5.60 Å². The minimum Gasteiger partial charge on any atom is -0.388 e. The van der Waals surface area contributed by atoms with Gasteiger partial charge in [0, 0.05) is 25.8 Å². The summed E-state index contributed by atoms with van der Waals surface area (Å²) >= 11 is 0. The molecule has 0 saturated carbocycles. The first-order valence-electron chi connectivity index (χ1n) is 5.91. The Morgan fingerprint density at radius 1 is 1.18 bits per heavy atom. The maximum absolute atomic E-state index is 10.3. The van der Waals surface area contributed by atoms with Crippen LogP contribution in [0.3, 0.4) is 0 Å². The molecule has 1 rings (SSSR count). The van der Waals surface area contributed by atoms with Gasteiger partial charge < -0.3 is 15.2 Å². The number of hydrogen-bond donors (Lipinski definition) is 2. The third kappa shape index (κ3) is 5.20. The highest BCUT2D eigenvalue weighted by atomic mass is 16.5. The number of benzene rings is 1. The second kappa shape index (κ2) is 5.52. The standard InChI is InChI=1S/C14H23NO2/c1-13(2,17-4)10-14(3,16)11-15-12-8-6-5-7-9-12/h5-9,15-16H,10-11H2,1-4H3. The smallest absolute Gasteiger partial charge is 0.0818 e. The highest BCUT2D eigenvalue weighted by Crippen LogP contribution is 2.23. The largest absolute Gasteiger partial charge is 0.388 e. The molecule has 0 spiro atoms. The van der Waals surface area contributed by atoms with Crippen molar-refractivity contribution in [3.63, 3.8) is 0 Å². The van der Waals surface area contributed by atoms with Crippen LogP contribution < -0.4 is 5.32 Å². The van der Waals surface area contributed by atoms with Gasteiger partial charge in [0.05, 0.1) is 11.2 Å². The number of rotatable bonds is 6. The van der Waals surface area contributed by atoms with Gasteiger partial charge in [-0.15, -0.1) is 0 Å². The van der Waals surface area contributed by atoms with Crippen molar-refractivity contribution in [3.8, 4) is 0 Å². The van der Waals surface area contributed by atoms with Crippen LogP contribution >= 0.6 is 0 Å². The molecule has 0 saturated heterocycles. The molecule has 0 heterocycles. The predicted octanol–water partition coefficient (Wildman–Crippen LogP) is 2.66. The Morgan fingerprint density at radius 2 is 1.76 bits per heavy atom. The van der Waals surface area contributed by atoms with Crippen molar-refractivity contribution in [1.82, 2.24) is 0 Å². The fourth-order valence-corrected chi connectivity index (χ4v) is 1.90. The molecular formula is C14H23NO2. The summed E-state index contributed by atoms with van der Waals surface area (Å²) < 4.78 is 5.34. The Balaban J connectivity index is 2.50. The van der Waals surface area contributed by atoms with E-state index in [0.717, 1.165) is 5.69 Å². The molecule has 96 valence electrons. The van der Waals surface area contributed by atoms with Gasteiger partial charge in [-0.1, -0.05) is 18.2 Å². The molecule has 2 N–H and O–H groups in total. The molecule has 0 aromatic heterocycles. The van der Waals surface area contributed by atoms with Crippen molar-refractivity contribution >= 4 is 5.69 Å². The van der Waals surface area contributed by atoms with Gasteiger partial charge in [0.25, 0.3) is 0 Å². The zero-order valence-electron chi connectivity index (χ0n) is 11.2. The summed E-state index contributed by atoms with van der Waals surface area (Å²) in [6, 6.07) is 9.87. The van der Waals surface area contributed by atoms with E-state index in [4.69, 9.17) is 4.74 Å². The molecule has 1 aromatic rings. The summed E-state index contributed by atoms with van der Waals surface area (Å²) in [7, 11) is 1.67. The lowest BCUT2D eigenvalue weighted by molar-refractivity contribution is -0.0527. The first-order chi connectivity index (χ1) is 7.85. The third-order valence-electron chi connectivity index (χ3n) is 2.81. The van der Waals surface area contributed by atoms with Crippen molar-refractivity contribution in [2.75, 3.05) is 19.0 Å². The molecule has 0 fully saturated rings. The van der Waals surface area contributed by atoms with Gasteiger partial charge in [-0.3, -0.25) is 0 Å². The number of aliphatic hydroxyl groups is 1. The van der Waals surface area contributed by atoms with E-state index in [2.05, 4.69) is 5.32 Å². The number of methoxy groups -OCH3 is 1. The average Bonchev–Trinajstić information content (AvgIpc) is 2.27. The topological polar surface area (TPSA) is 41.5 Å². The maximum atomic E-state index is 10.3. The molecule has 1 unspecified atom stereocenters. The summed E-state index contributed by atoms with van der Waals surface area (Å²) in [4.78, 5) is 0. The summed E-state index contributed by atoms with van der Waals surface area (Å²) in [5.41, 5.74) is -0.0972. The fourth-order valence-electron chi connectivity index (χ4n) is 1.90. The molecule has 1 atom stereocenters. The lowest BCUT2D eigenvalue weighted by Gasteiger charge is -2.33. The normalized spacial score (nSPS) is 15.4. The number of nitrogens with one attached hydrogen (secondary N) is 1. The zero-order valence-corrected chi connectivity index (χ0v) is 11.2. The van der Waals surface area contributed by atoms with Gasteiger partial charge in [-0.25, -0.2) is 0 Å². The minimum absolute atomic E-state index is 0.318. The maximum Gasteiger partial charge on any atom is 0.0818 e. The van der Waals surface area contributed by atoms with Crippen molar-refractivity contribution < 1.29 is 9.84 Å². The number of anilines is 1. The SMILES string of the molecule is COC(C)(C)CC(C)(O)CNc1ccccc1. The van der Waals surface area contributed by atoms with Crippen molar-refractivity contribution in [2.24, 2.45) is 0 Å². The van der Waals surface area contributed by atoms with Crippen LogP contribution in [0.2, 0.25) is 0 Å². The Bertz CT molecular complexity index is 333. The molecule has 0 aliphatic rings. The van der Waals surface area contributed by atoms with Crippen molar-refractivity contribution in [3.05, 3.63) is 30.3 Å². The van der Waals surface area contributed by atoms with E-state index in [-0.39, 0.29) is 5.60 Å². The van der Waals surface area contributed by atoms with Crippen LogP contribution in [0.1, 0.15) is 27.2 Å². The number of ether oxygens (including phenoxy) is 1. The molecule has 3 nitrogen and oxygen atoms in total. The van der Waals surface area contributed by atoms with Crippen LogP contribution in [0.25, 0.3) is 0 Å². The van der Waals surface area contributed by atoms with E-state index in [1.54, 1.807) is 7.11 Å². The lowest BCUT2D eigenvalue weighted by atomic mass is 9.90. The molecule has 0 radical (unpaired) electrons. The van der Waals surface area contributed by atoms with Gasteiger partial charge in [-0.05, 0) is 32.9 Å². The lowest BCUT2D eigenvalue weighted by Crippen LogP contribution is -2.41. The number of hydrogen-bond acceptors (Lipinski definition) is 3. The minimum atomic E-state index is -0.796. The van der Waals surface area contributed by atoms with Gasteiger partial charge in [0.15, 0.2) is 0 Å². The van der Waals surface area contributed by atoms with Crippen LogP contribution in [0.15, 0.2) is 30.3 Å².